The number of carbonyl (C=O) groups is 1. The molecule has 0 saturated carbocycles. The first-order valence-corrected chi connectivity index (χ1v) is 6.75. The summed E-state index contributed by atoms with van der Waals surface area (Å²) in [5.41, 5.74) is 6.61. The molecule has 4 heteroatoms. The predicted molar refractivity (Wildman–Crippen MR) is 73.7 cm³/mol. The smallest absolute Gasteiger partial charge is 0.166 e. The molecule has 0 spiro atoms. The highest BCUT2D eigenvalue weighted by molar-refractivity contribution is 6.30. The lowest BCUT2D eigenvalue weighted by atomic mass is 9.89. The van der Waals surface area contributed by atoms with Crippen molar-refractivity contribution in [2.24, 2.45) is 11.7 Å². The second-order valence-electron chi connectivity index (χ2n) is 4.92. The Morgan fingerprint density at radius 3 is 2.39 bits per heavy atom. The second-order valence-corrected chi connectivity index (χ2v) is 5.36. The quantitative estimate of drug-likeness (QED) is 0.856. The first kappa shape index (κ1) is 13.5. The maximum absolute atomic E-state index is 12.3. The zero-order chi connectivity index (χ0) is 13.1. The molecule has 1 aliphatic heterocycles. The Labute approximate surface area is 113 Å². The van der Waals surface area contributed by atoms with Crippen molar-refractivity contribution in [1.29, 1.82) is 0 Å². The lowest BCUT2D eigenvalue weighted by Crippen LogP contribution is -2.45. The Balaban J connectivity index is 1.97. The van der Waals surface area contributed by atoms with E-state index in [1.165, 1.54) is 0 Å². The number of rotatable bonds is 3. The molecule has 98 valence electrons. The predicted octanol–water partition coefficient (Wildman–Crippen LogP) is 2.54. The molecule has 2 rings (SSSR count). The maximum atomic E-state index is 12.3. The van der Waals surface area contributed by atoms with Crippen LogP contribution in [0.5, 0.6) is 0 Å². The zero-order valence-corrected chi connectivity index (χ0v) is 11.4. The van der Waals surface area contributed by atoms with Gasteiger partial charge in [-0.15, -0.1) is 0 Å². The van der Waals surface area contributed by atoms with Crippen LogP contribution in [0.15, 0.2) is 24.3 Å². The highest BCUT2D eigenvalue weighted by atomic mass is 35.5. The summed E-state index contributed by atoms with van der Waals surface area (Å²) in [6.07, 6.45) is 1.86. The van der Waals surface area contributed by atoms with E-state index in [0.717, 1.165) is 31.5 Å². The minimum absolute atomic E-state index is 0.0802. The number of carbonyl (C=O) groups excluding carboxylic acids is 1. The summed E-state index contributed by atoms with van der Waals surface area (Å²) in [5, 5.41) is 0.665. The number of hydrogen-bond acceptors (Lipinski definition) is 3. The average Bonchev–Trinajstić information content (AvgIpc) is 2.39. The highest BCUT2D eigenvalue weighted by Gasteiger charge is 2.26. The van der Waals surface area contributed by atoms with Crippen molar-refractivity contribution < 1.29 is 4.79 Å². The van der Waals surface area contributed by atoms with Crippen molar-refractivity contribution in [3.05, 3.63) is 34.9 Å². The second kappa shape index (κ2) is 5.83. The molecule has 3 nitrogen and oxygen atoms in total. The number of ketones is 1. The molecular weight excluding hydrogens is 248 g/mol. The van der Waals surface area contributed by atoms with Gasteiger partial charge in [0.05, 0.1) is 6.17 Å². The monoisotopic (exact) mass is 266 g/mol. The number of nitrogens with zero attached hydrogens (tertiary/aromatic N) is 1. The zero-order valence-electron chi connectivity index (χ0n) is 10.6. The maximum Gasteiger partial charge on any atom is 0.166 e. The van der Waals surface area contributed by atoms with E-state index in [0.29, 0.717) is 5.02 Å². The van der Waals surface area contributed by atoms with Crippen molar-refractivity contribution in [2.75, 3.05) is 13.1 Å². The lowest BCUT2D eigenvalue weighted by molar-refractivity contribution is 0.0805. The molecule has 1 aromatic rings. The summed E-state index contributed by atoms with van der Waals surface area (Å²) < 4.78 is 0. The van der Waals surface area contributed by atoms with E-state index in [4.69, 9.17) is 17.3 Å². The van der Waals surface area contributed by atoms with Gasteiger partial charge in [0.1, 0.15) is 0 Å². The van der Waals surface area contributed by atoms with Gasteiger partial charge in [0.15, 0.2) is 5.78 Å². The Hall–Kier alpha value is -0.900. The van der Waals surface area contributed by atoms with Crippen LogP contribution in [0.2, 0.25) is 5.02 Å². The summed E-state index contributed by atoms with van der Waals surface area (Å²) in [4.78, 5) is 14.5. The fourth-order valence-electron chi connectivity index (χ4n) is 2.42. The van der Waals surface area contributed by atoms with Crippen molar-refractivity contribution >= 4 is 17.4 Å². The molecule has 1 fully saturated rings. The van der Waals surface area contributed by atoms with E-state index in [9.17, 15) is 4.79 Å². The number of nitrogens with two attached hydrogens (primary N) is 1. The van der Waals surface area contributed by atoms with Crippen molar-refractivity contribution in [2.45, 2.75) is 25.9 Å². The number of likely N-dealkylation sites (tertiary alicyclic amines) is 1. The molecule has 1 aliphatic rings. The van der Waals surface area contributed by atoms with E-state index in [1.54, 1.807) is 12.1 Å². The van der Waals surface area contributed by atoms with E-state index in [1.807, 2.05) is 19.1 Å². The molecule has 0 amide bonds. The summed E-state index contributed by atoms with van der Waals surface area (Å²) in [7, 11) is 0. The normalized spacial score (nSPS) is 19.7. The van der Waals surface area contributed by atoms with Crippen LogP contribution in [-0.2, 0) is 0 Å². The molecule has 2 N–H and O–H groups in total. The topological polar surface area (TPSA) is 46.3 Å². The summed E-state index contributed by atoms with van der Waals surface area (Å²) in [6.45, 7) is 3.80. The lowest BCUT2D eigenvalue weighted by Gasteiger charge is -2.33. The molecule has 1 heterocycles. The van der Waals surface area contributed by atoms with Crippen LogP contribution in [0, 0.1) is 5.92 Å². The number of Topliss-reactive ketones (excluding diaryl/α,β-unsaturated/α-hetero) is 1. The number of hydrogen-bond donors (Lipinski definition) is 1. The summed E-state index contributed by atoms with van der Waals surface area (Å²) in [6, 6.07) is 7.16. The minimum atomic E-state index is 0.0802. The van der Waals surface area contributed by atoms with Gasteiger partial charge in [-0.25, -0.2) is 0 Å². The molecule has 0 radical (unpaired) electrons. The molecular formula is C14H19ClN2O. The van der Waals surface area contributed by atoms with E-state index in [-0.39, 0.29) is 17.9 Å². The van der Waals surface area contributed by atoms with Gasteiger partial charge in [-0.2, -0.15) is 0 Å². The van der Waals surface area contributed by atoms with Crippen LogP contribution in [0.1, 0.15) is 30.1 Å². The van der Waals surface area contributed by atoms with E-state index < -0.39 is 0 Å². The van der Waals surface area contributed by atoms with Crippen LogP contribution >= 0.6 is 11.6 Å². The molecule has 1 unspecified atom stereocenters. The number of benzene rings is 1. The molecule has 1 atom stereocenters. The third-order valence-electron chi connectivity index (χ3n) is 3.61. The average molecular weight is 267 g/mol. The van der Waals surface area contributed by atoms with Crippen LogP contribution in [-0.4, -0.2) is 29.9 Å². The van der Waals surface area contributed by atoms with Crippen molar-refractivity contribution in [1.82, 2.24) is 4.90 Å². The molecule has 0 bridgehead atoms. The highest BCUT2D eigenvalue weighted by Crippen LogP contribution is 2.23. The first-order valence-electron chi connectivity index (χ1n) is 6.37. The van der Waals surface area contributed by atoms with Crippen LogP contribution < -0.4 is 5.73 Å². The third kappa shape index (κ3) is 3.10. The SMILES string of the molecule is CC(N)N1CCC(C(=O)c2ccc(Cl)cc2)CC1. The Kier molecular flexibility index (Phi) is 4.38. The van der Waals surface area contributed by atoms with E-state index >= 15 is 0 Å². The number of halogens is 1. The van der Waals surface area contributed by atoms with Crippen LogP contribution in [0.4, 0.5) is 0 Å². The Morgan fingerprint density at radius 1 is 1.33 bits per heavy atom. The summed E-state index contributed by atoms with van der Waals surface area (Å²) in [5.74, 6) is 0.358. The Bertz CT molecular complexity index is 408. The third-order valence-corrected chi connectivity index (χ3v) is 3.86. The largest absolute Gasteiger partial charge is 0.316 e. The summed E-state index contributed by atoms with van der Waals surface area (Å²) >= 11 is 5.82. The van der Waals surface area contributed by atoms with Gasteiger partial charge in [-0.1, -0.05) is 11.6 Å². The van der Waals surface area contributed by atoms with Gasteiger partial charge in [0.25, 0.3) is 0 Å². The molecule has 1 saturated heterocycles. The molecule has 18 heavy (non-hydrogen) atoms. The minimum Gasteiger partial charge on any atom is -0.316 e. The molecule has 1 aromatic carbocycles. The van der Waals surface area contributed by atoms with Crippen molar-refractivity contribution in [3.8, 4) is 0 Å². The van der Waals surface area contributed by atoms with Crippen molar-refractivity contribution in [3.63, 3.8) is 0 Å². The first-order chi connectivity index (χ1) is 8.58. The fraction of sp³-hybridized carbons (Fsp3) is 0.500. The van der Waals surface area contributed by atoms with E-state index in [2.05, 4.69) is 4.90 Å². The van der Waals surface area contributed by atoms with Gasteiger partial charge in [0, 0.05) is 29.6 Å². The van der Waals surface area contributed by atoms with Gasteiger partial charge in [-0.3, -0.25) is 9.69 Å². The fourth-order valence-corrected chi connectivity index (χ4v) is 2.54. The van der Waals surface area contributed by atoms with Gasteiger partial charge in [0.2, 0.25) is 0 Å². The van der Waals surface area contributed by atoms with Gasteiger partial charge >= 0.3 is 0 Å². The Morgan fingerprint density at radius 2 is 1.89 bits per heavy atom. The standard InChI is InChI=1S/C14H19ClN2O/c1-10(16)17-8-6-12(7-9-17)14(18)11-2-4-13(15)5-3-11/h2-5,10,12H,6-9,16H2,1H3. The molecule has 0 aromatic heterocycles. The van der Waals surface area contributed by atoms with Gasteiger partial charge in [-0.05, 0) is 44.0 Å². The van der Waals surface area contributed by atoms with Gasteiger partial charge < -0.3 is 5.73 Å². The van der Waals surface area contributed by atoms with Crippen LogP contribution in [0.25, 0.3) is 0 Å². The number of piperidine rings is 1. The molecule has 0 aliphatic carbocycles. The van der Waals surface area contributed by atoms with Crippen LogP contribution in [0.3, 0.4) is 0 Å².